The maximum Gasteiger partial charge on any atom is 0.246 e. The molecule has 2 aromatic carbocycles. The van der Waals surface area contributed by atoms with Gasteiger partial charge in [0.2, 0.25) is 5.91 Å². The summed E-state index contributed by atoms with van der Waals surface area (Å²) in [5, 5.41) is 0. The highest BCUT2D eigenvalue weighted by atomic mass is 16.2. The minimum Gasteiger partial charge on any atom is -0.335 e. The van der Waals surface area contributed by atoms with Gasteiger partial charge >= 0.3 is 0 Å². The molecule has 106 valence electrons. The molecule has 0 aliphatic carbocycles. The van der Waals surface area contributed by atoms with Gasteiger partial charge in [-0.05, 0) is 41.2 Å². The summed E-state index contributed by atoms with van der Waals surface area (Å²) in [5.41, 5.74) is 5.30. The summed E-state index contributed by atoms with van der Waals surface area (Å²) in [5.74, 6) is 0.0222. The number of amides is 1. The zero-order valence-electron chi connectivity index (χ0n) is 12.1. The lowest BCUT2D eigenvalue weighted by Crippen LogP contribution is -2.34. The fourth-order valence-electron chi connectivity index (χ4n) is 2.87. The van der Waals surface area contributed by atoms with Crippen LogP contribution in [0.5, 0.6) is 0 Å². The van der Waals surface area contributed by atoms with E-state index >= 15 is 0 Å². The van der Waals surface area contributed by atoms with Crippen molar-refractivity contribution in [1.82, 2.24) is 4.90 Å². The zero-order chi connectivity index (χ0) is 14.7. The Balaban J connectivity index is 1.77. The number of hydrogen-bond acceptors (Lipinski definition) is 1. The summed E-state index contributed by atoms with van der Waals surface area (Å²) in [6.45, 7) is 5.05. The minimum absolute atomic E-state index is 0.0222. The number of rotatable bonds is 3. The van der Waals surface area contributed by atoms with Crippen LogP contribution in [-0.4, -0.2) is 17.4 Å². The van der Waals surface area contributed by atoms with Gasteiger partial charge in [0.25, 0.3) is 0 Å². The van der Waals surface area contributed by atoms with Crippen molar-refractivity contribution in [2.45, 2.75) is 19.4 Å². The Bertz CT molecular complexity index is 661. The van der Waals surface area contributed by atoms with E-state index in [2.05, 4.69) is 49.0 Å². The quantitative estimate of drug-likeness (QED) is 0.788. The summed E-state index contributed by atoms with van der Waals surface area (Å²) in [6.07, 6.45) is 3.29. The normalized spacial score (nSPS) is 13.6. The molecule has 1 aliphatic heterocycles. The third kappa shape index (κ3) is 3.05. The lowest BCUT2D eigenvalue weighted by Gasteiger charge is -2.28. The molecule has 0 spiro atoms. The second-order valence-electron chi connectivity index (χ2n) is 5.48. The molecule has 0 saturated carbocycles. The van der Waals surface area contributed by atoms with Crippen molar-refractivity contribution in [2.24, 2.45) is 0 Å². The fraction of sp³-hybridized carbons (Fsp3) is 0.211. The van der Waals surface area contributed by atoms with Crippen LogP contribution in [0.1, 0.15) is 22.3 Å². The van der Waals surface area contributed by atoms with Crippen LogP contribution >= 0.6 is 0 Å². The van der Waals surface area contributed by atoms with Gasteiger partial charge in [0, 0.05) is 13.1 Å². The molecule has 2 heteroatoms. The molecule has 0 aromatic heterocycles. The van der Waals surface area contributed by atoms with E-state index in [-0.39, 0.29) is 5.91 Å². The smallest absolute Gasteiger partial charge is 0.246 e. The molecule has 1 heterocycles. The van der Waals surface area contributed by atoms with Crippen LogP contribution in [0.2, 0.25) is 0 Å². The summed E-state index contributed by atoms with van der Waals surface area (Å²) in [7, 11) is 0. The molecule has 0 saturated heterocycles. The number of carbonyl (C=O) groups is 1. The summed E-state index contributed by atoms with van der Waals surface area (Å²) in [6, 6.07) is 17.1. The Hall–Kier alpha value is -2.35. The Kier molecular flexibility index (Phi) is 3.87. The van der Waals surface area contributed by atoms with Gasteiger partial charge in [0.1, 0.15) is 0 Å². The van der Waals surface area contributed by atoms with Gasteiger partial charge in [-0.2, -0.15) is 0 Å². The minimum atomic E-state index is 0.0222. The first-order valence-electron chi connectivity index (χ1n) is 7.32. The fourth-order valence-corrected chi connectivity index (χ4v) is 2.87. The second kappa shape index (κ2) is 5.96. The third-order valence-corrected chi connectivity index (χ3v) is 4.02. The van der Waals surface area contributed by atoms with E-state index in [1.54, 1.807) is 0 Å². The molecule has 0 radical (unpaired) electrons. The zero-order valence-corrected chi connectivity index (χ0v) is 12.1. The summed E-state index contributed by atoms with van der Waals surface area (Å²) in [4.78, 5) is 13.5. The molecule has 21 heavy (non-hydrogen) atoms. The number of benzene rings is 2. The van der Waals surface area contributed by atoms with Crippen molar-refractivity contribution in [3.8, 4) is 0 Å². The average Bonchev–Trinajstić information content (AvgIpc) is 2.54. The van der Waals surface area contributed by atoms with Gasteiger partial charge in [-0.3, -0.25) is 4.79 Å². The van der Waals surface area contributed by atoms with Crippen LogP contribution in [0.25, 0.3) is 0 Å². The van der Waals surface area contributed by atoms with Crippen LogP contribution in [0.15, 0.2) is 61.2 Å². The van der Waals surface area contributed by atoms with Gasteiger partial charge in [-0.1, -0.05) is 55.1 Å². The molecule has 0 unspecified atom stereocenters. The van der Waals surface area contributed by atoms with E-state index in [1.807, 2.05) is 11.0 Å². The van der Waals surface area contributed by atoms with Gasteiger partial charge in [-0.25, -0.2) is 0 Å². The molecule has 0 bridgehead atoms. The van der Waals surface area contributed by atoms with Crippen molar-refractivity contribution in [3.63, 3.8) is 0 Å². The van der Waals surface area contributed by atoms with E-state index < -0.39 is 0 Å². The standard InChI is InChI=1S/C19H19NO/c1-2-19(21)20-11-10-17-13-16(8-9-18(17)14-20)12-15-6-4-3-5-7-15/h2-9,13H,1,10-12,14H2. The van der Waals surface area contributed by atoms with Gasteiger partial charge < -0.3 is 4.90 Å². The van der Waals surface area contributed by atoms with Gasteiger partial charge in [0.15, 0.2) is 0 Å². The monoisotopic (exact) mass is 277 g/mol. The van der Waals surface area contributed by atoms with Crippen LogP contribution in [0, 0.1) is 0 Å². The predicted molar refractivity (Wildman–Crippen MR) is 85.0 cm³/mol. The van der Waals surface area contributed by atoms with Crippen LogP contribution in [0.3, 0.4) is 0 Å². The third-order valence-electron chi connectivity index (χ3n) is 4.02. The Morgan fingerprint density at radius 2 is 1.90 bits per heavy atom. The summed E-state index contributed by atoms with van der Waals surface area (Å²) >= 11 is 0. The number of hydrogen-bond donors (Lipinski definition) is 0. The van der Waals surface area contributed by atoms with Crippen molar-refractivity contribution < 1.29 is 4.79 Å². The van der Waals surface area contributed by atoms with Crippen molar-refractivity contribution in [2.75, 3.05) is 6.54 Å². The van der Waals surface area contributed by atoms with Gasteiger partial charge in [-0.15, -0.1) is 0 Å². The molecule has 3 rings (SSSR count). The molecule has 0 fully saturated rings. The second-order valence-corrected chi connectivity index (χ2v) is 5.48. The summed E-state index contributed by atoms with van der Waals surface area (Å²) < 4.78 is 0. The Morgan fingerprint density at radius 1 is 1.10 bits per heavy atom. The van der Waals surface area contributed by atoms with E-state index in [1.165, 1.54) is 28.3 Å². The van der Waals surface area contributed by atoms with Crippen LogP contribution in [0.4, 0.5) is 0 Å². The predicted octanol–water partition coefficient (Wildman–Crippen LogP) is 3.35. The first-order valence-corrected chi connectivity index (χ1v) is 7.32. The van der Waals surface area contributed by atoms with E-state index in [0.717, 1.165) is 19.4 Å². The van der Waals surface area contributed by atoms with Crippen LogP contribution < -0.4 is 0 Å². The molecule has 0 atom stereocenters. The molecule has 0 N–H and O–H groups in total. The topological polar surface area (TPSA) is 20.3 Å². The first-order chi connectivity index (χ1) is 10.3. The first kappa shape index (κ1) is 13.6. The molecular formula is C19H19NO. The molecule has 1 aliphatic rings. The molecule has 1 amide bonds. The van der Waals surface area contributed by atoms with Crippen molar-refractivity contribution in [3.05, 3.63) is 83.4 Å². The highest BCUT2D eigenvalue weighted by Gasteiger charge is 2.18. The number of nitrogens with zero attached hydrogens (tertiary/aromatic N) is 1. The van der Waals surface area contributed by atoms with Gasteiger partial charge in [0.05, 0.1) is 0 Å². The van der Waals surface area contributed by atoms with Crippen LogP contribution in [-0.2, 0) is 24.2 Å². The molecule has 2 aromatic rings. The number of fused-ring (bicyclic) bond motifs is 1. The van der Waals surface area contributed by atoms with E-state index in [0.29, 0.717) is 6.54 Å². The Morgan fingerprint density at radius 3 is 2.67 bits per heavy atom. The van der Waals surface area contributed by atoms with Crippen molar-refractivity contribution >= 4 is 5.91 Å². The average molecular weight is 277 g/mol. The van der Waals surface area contributed by atoms with E-state index in [9.17, 15) is 4.79 Å². The lowest BCUT2D eigenvalue weighted by molar-refractivity contribution is -0.126. The van der Waals surface area contributed by atoms with E-state index in [4.69, 9.17) is 0 Å². The Labute approximate surface area is 125 Å². The number of carbonyl (C=O) groups excluding carboxylic acids is 1. The largest absolute Gasteiger partial charge is 0.335 e. The SMILES string of the molecule is C=CC(=O)N1CCc2cc(Cc3ccccc3)ccc2C1. The van der Waals surface area contributed by atoms with Crippen molar-refractivity contribution in [1.29, 1.82) is 0 Å². The maximum atomic E-state index is 11.7. The highest BCUT2D eigenvalue weighted by Crippen LogP contribution is 2.22. The maximum absolute atomic E-state index is 11.7. The highest BCUT2D eigenvalue weighted by molar-refractivity contribution is 5.87. The molecule has 2 nitrogen and oxygen atoms in total. The molecular weight excluding hydrogens is 258 g/mol. The lowest BCUT2D eigenvalue weighted by atomic mass is 9.95.